The molecule has 0 aliphatic carbocycles. The second kappa shape index (κ2) is 7.32. The topological polar surface area (TPSA) is 58.1 Å². The summed E-state index contributed by atoms with van der Waals surface area (Å²) in [6.07, 6.45) is 0.853. The molecule has 1 amide bonds. The SMILES string of the molecule is CC1Cc2ccccc2N1C(=O)c1cc(NC(C)(C)C)nc(-c2ccccc2)n1. The molecule has 2 heterocycles. The number of carbonyl (C=O) groups excluding carboxylic acids is 1. The van der Waals surface area contributed by atoms with Gasteiger partial charge in [0.15, 0.2) is 5.82 Å². The normalized spacial score (nSPS) is 15.9. The quantitative estimate of drug-likeness (QED) is 0.692. The van der Waals surface area contributed by atoms with Gasteiger partial charge in [0.2, 0.25) is 0 Å². The van der Waals surface area contributed by atoms with Gasteiger partial charge < -0.3 is 10.2 Å². The summed E-state index contributed by atoms with van der Waals surface area (Å²) in [6, 6.07) is 19.7. The molecule has 5 heteroatoms. The van der Waals surface area contributed by atoms with Crippen LogP contribution in [0.25, 0.3) is 11.4 Å². The number of amides is 1. The van der Waals surface area contributed by atoms with E-state index in [0.717, 1.165) is 17.7 Å². The van der Waals surface area contributed by atoms with Crippen LogP contribution in [0.2, 0.25) is 0 Å². The molecule has 1 aliphatic heterocycles. The van der Waals surface area contributed by atoms with Gasteiger partial charge in [-0.1, -0.05) is 48.5 Å². The van der Waals surface area contributed by atoms with Crippen molar-refractivity contribution in [3.8, 4) is 11.4 Å². The molecule has 0 fully saturated rings. The lowest BCUT2D eigenvalue weighted by atomic mass is 10.1. The van der Waals surface area contributed by atoms with Gasteiger partial charge in [-0.2, -0.15) is 0 Å². The third kappa shape index (κ3) is 3.99. The van der Waals surface area contributed by atoms with E-state index < -0.39 is 0 Å². The van der Waals surface area contributed by atoms with Crippen LogP contribution in [-0.2, 0) is 6.42 Å². The third-order valence-electron chi connectivity index (χ3n) is 4.91. The smallest absolute Gasteiger partial charge is 0.277 e. The van der Waals surface area contributed by atoms with Crippen molar-refractivity contribution in [2.45, 2.75) is 45.7 Å². The Hall–Kier alpha value is -3.21. The number of carbonyl (C=O) groups is 1. The summed E-state index contributed by atoms with van der Waals surface area (Å²) >= 11 is 0. The van der Waals surface area contributed by atoms with Crippen molar-refractivity contribution in [3.63, 3.8) is 0 Å². The van der Waals surface area contributed by atoms with E-state index in [1.165, 1.54) is 5.56 Å². The van der Waals surface area contributed by atoms with Crippen molar-refractivity contribution in [1.82, 2.24) is 9.97 Å². The van der Waals surface area contributed by atoms with Crippen LogP contribution in [0.1, 0.15) is 43.7 Å². The number of nitrogens with one attached hydrogen (secondary N) is 1. The van der Waals surface area contributed by atoms with Crippen LogP contribution in [0.3, 0.4) is 0 Å². The van der Waals surface area contributed by atoms with Gasteiger partial charge in [-0.05, 0) is 45.7 Å². The number of aromatic nitrogens is 2. The Balaban J connectivity index is 1.78. The highest BCUT2D eigenvalue weighted by Crippen LogP contribution is 2.33. The molecule has 1 atom stereocenters. The number of hydrogen-bond donors (Lipinski definition) is 1. The molecule has 0 radical (unpaired) electrons. The van der Waals surface area contributed by atoms with E-state index in [-0.39, 0.29) is 17.5 Å². The molecule has 0 saturated heterocycles. The first-order chi connectivity index (χ1) is 13.8. The molecule has 1 aromatic heterocycles. The van der Waals surface area contributed by atoms with E-state index in [2.05, 4.69) is 49.0 Å². The van der Waals surface area contributed by atoms with Crippen LogP contribution in [0.15, 0.2) is 60.7 Å². The molecule has 1 aliphatic rings. The molecule has 148 valence electrons. The fourth-order valence-electron chi connectivity index (χ4n) is 3.72. The van der Waals surface area contributed by atoms with Gasteiger partial charge in [0.25, 0.3) is 5.91 Å². The zero-order valence-corrected chi connectivity index (χ0v) is 17.3. The van der Waals surface area contributed by atoms with E-state index in [0.29, 0.717) is 17.3 Å². The molecule has 0 bridgehead atoms. The van der Waals surface area contributed by atoms with Crippen molar-refractivity contribution in [1.29, 1.82) is 0 Å². The van der Waals surface area contributed by atoms with Crippen LogP contribution in [0, 0.1) is 0 Å². The highest BCUT2D eigenvalue weighted by Gasteiger charge is 2.32. The molecule has 3 aromatic rings. The molecule has 0 saturated carbocycles. The Labute approximate surface area is 171 Å². The summed E-state index contributed by atoms with van der Waals surface area (Å²) in [6.45, 7) is 8.28. The van der Waals surface area contributed by atoms with E-state index in [9.17, 15) is 4.79 Å². The minimum absolute atomic E-state index is 0.0917. The standard InChI is InChI=1S/C24H26N4O/c1-16-14-18-12-8-9-13-20(18)28(16)23(29)19-15-21(27-24(2,3)4)26-22(25-19)17-10-6-5-7-11-17/h5-13,15-16H,14H2,1-4H3,(H,25,26,27). The Bertz CT molecular complexity index is 1040. The maximum absolute atomic E-state index is 13.5. The first kappa shape index (κ1) is 19.1. The van der Waals surface area contributed by atoms with E-state index >= 15 is 0 Å². The predicted octanol–water partition coefficient (Wildman–Crippen LogP) is 4.95. The average Bonchev–Trinajstić information content (AvgIpc) is 3.02. The maximum atomic E-state index is 13.5. The van der Waals surface area contributed by atoms with Crippen LogP contribution in [0.4, 0.5) is 11.5 Å². The Morgan fingerprint density at radius 2 is 1.72 bits per heavy atom. The Morgan fingerprint density at radius 1 is 1.03 bits per heavy atom. The minimum Gasteiger partial charge on any atom is -0.365 e. The second-order valence-electron chi connectivity index (χ2n) is 8.56. The maximum Gasteiger partial charge on any atom is 0.277 e. The number of benzene rings is 2. The molecule has 0 spiro atoms. The molecular formula is C24H26N4O. The molecule has 1 unspecified atom stereocenters. The van der Waals surface area contributed by atoms with Crippen LogP contribution >= 0.6 is 0 Å². The fourth-order valence-corrected chi connectivity index (χ4v) is 3.72. The van der Waals surface area contributed by atoms with Crippen molar-refractivity contribution >= 4 is 17.4 Å². The van der Waals surface area contributed by atoms with Crippen LogP contribution in [0.5, 0.6) is 0 Å². The third-order valence-corrected chi connectivity index (χ3v) is 4.91. The zero-order chi connectivity index (χ0) is 20.6. The highest BCUT2D eigenvalue weighted by atomic mass is 16.2. The number of hydrogen-bond acceptors (Lipinski definition) is 4. The lowest BCUT2D eigenvalue weighted by Gasteiger charge is -2.24. The summed E-state index contributed by atoms with van der Waals surface area (Å²) in [5.41, 5.74) is 3.26. The van der Waals surface area contributed by atoms with Gasteiger partial charge in [-0.15, -0.1) is 0 Å². The van der Waals surface area contributed by atoms with Crippen molar-refractivity contribution < 1.29 is 4.79 Å². The van der Waals surface area contributed by atoms with Crippen molar-refractivity contribution in [2.75, 3.05) is 10.2 Å². The van der Waals surface area contributed by atoms with Crippen molar-refractivity contribution in [2.24, 2.45) is 0 Å². The van der Waals surface area contributed by atoms with Gasteiger partial charge in [0, 0.05) is 28.9 Å². The lowest BCUT2D eigenvalue weighted by molar-refractivity contribution is 0.0976. The Kier molecular flexibility index (Phi) is 4.82. The van der Waals surface area contributed by atoms with E-state index in [4.69, 9.17) is 0 Å². The van der Waals surface area contributed by atoms with Gasteiger partial charge in [0.1, 0.15) is 11.5 Å². The van der Waals surface area contributed by atoms with Gasteiger partial charge in [0.05, 0.1) is 0 Å². The average molecular weight is 386 g/mol. The predicted molar refractivity (Wildman–Crippen MR) is 117 cm³/mol. The summed E-state index contributed by atoms with van der Waals surface area (Å²) in [7, 11) is 0. The van der Waals surface area contributed by atoms with Crippen LogP contribution in [-0.4, -0.2) is 27.5 Å². The monoisotopic (exact) mass is 386 g/mol. The fraction of sp³-hybridized carbons (Fsp3) is 0.292. The summed E-state index contributed by atoms with van der Waals surface area (Å²) in [4.78, 5) is 24.7. The highest BCUT2D eigenvalue weighted by molar-refractivity contribution is 6.07. The first-order valence-corrected chi connectivity index (χ1v) is 9.96. The molecule has 29 heavy (non-hydrogen) atoms. The summed E-state index contributed by atoms with van der Waals surface area (Å²) in [5.74, 6) is 1.09. The number of rotatable bonds is 3. The molecule has 5 nitrogen and oxygen atoms in total. The largest absolute Gasteiger partial charge is 0.365 e. The number of fused-ring (bicyclic) bond motifs is 1. The molecule has 4 rings (SSSR count). The van der Waals surface area contributed by atoms with Crippen LogP contribution < -0.4 is 10.2 Å². The van der Waals surface area contributed by atoms with Gasteiger partial charge in [-0.25, -0.2) is 9.97 Å². The lowest BCUT2D eigenvalue weighted by Crippen LogP contribution is -2.36. The summed E-state index contributed by atoms with van der Waals surface area (Å²) < 4.78 is 0. The van der Waals surface area contributed by atoms with Crippen molar-refractivity contribution in [3.05, 3.63) is 71.9 Å². The minimum atomic E-state index is -0.184. The molecule has 1 N–H and O–H groups in total. The Morgan fingerprint density at radius 3 is 2.45 bits per heavy atom. The van der Waals surface area contributed by atoms with Gasteiger partial charge >= 0.3 is 0 Å². The van der Waals surface area contributed by atoms with E-state index in [1.54, 1.807) is 6.07 Å². The first-order valence-electron chi connectivity index (χ1n) is 9.96. The molecular weight excluding hydrogens is 360 g/mol. The second-order valence-corrected chi connectivity index (χ2v) is 8.56. The summed E-state index contributed by atoms with van der Waals surface area (Å²) in [5, 5.41) is 3.39. The van der Waals surface area contributed by atoms with Gasteiger partial charge in [-0.3, -0.25) is 4.79 Å². The zero-order valence-electron chi connectivity index (χ0n) is 17.3. The number of nitrogens with zero attached hydrogens (tertiary/aromatic N) is 3. The van der Waals surface area contributed by atoms with E-state index in [1.807, 2.05) is 53.4 Å². The number of para-hydroxylation sites is 1. The number of anilines is 2. The molecule has 2 aromatic carbocycles.